The van der Waals surface area contributed by atoms with E-state index in [1.165, 1.54) is 7.11 Å². The van der Waals surface area contributed by atoms with Crippen molar-refractivity contribution in [2.75, 3.05) is 25.6 Å². The molecule has 0 spiro atoms. The van der Waals surface area contributed by atoms with Gasteiger partial charge in [0.2, 0.25) is 0 Å². The average Bonchev–Trinajstić information content (AvgIpc) is 2.68. The first kappa shape index (κ1) is 19.1. The largest absolute Gasteiger partial charge is 0.496 e. The molecule has 2 aromatic carbocycles. The van der Waals surface area contributed by atoms with Crippen LogP contribution in [0, 0.1) is 5.82 Å². The van der Waals surface area contributed by atoms with Gasteiger partial charge in [-0.2, -0.15) is 0 Å². The highest BCUT2D eigenvalue weighted by molar-refractivity contribution is 6.30. The van der Waals surface area contributed by atoms with Crippen LogP contribution < -0.4 is 10.1 Å². The molecular formula is C21H20ClFN2O2. The van der Waals surface area contributed by atoms with E-state index >= 15 is 4.39 Å². The Balaban J connectivity index is 1.91. The van der Waals surface area contributed by atoms with Gasteiger partial charge in [-0.25, -0.2) is 9.37 Å². The molecule has 0 unspecified atom stereocenters. The standard InChI is InChI=1S/C21H20ClFN2O2/c1-27-18-7-6-16(11-14-5-8-19(25-13-14)24-9-10-26)21(23)20(18)15-3-2-4-17(22)12-15/h2-8,12-13,26H,9-11H2,1H3,(H,24,25). The predicted octanol–water partition coefficient (Wildman–Crippen LogP) is 4.54. The summed E-state index contributed by atoms with van der Waals surface area (Å²) in [7, 11) is 1.52. The van der Waals surface area contributed by atoms with Gasteiger partial charge in [-0.3, -0.25) is 0 Å². The number of rotatable bonds is 7. The minimum atomic E-state index is -0.334. The van der Waals surface area contributed by atoms with Crippen molar-refractivity contribution in [3.8, 4) is 16.9 Å². The number of nitrogens with zero attached hydrogens (tertiary/aromatic N) is 1. The van der Waals surface area contributed by atoms with Gasteiger partial charge in [0.1, 0.15) is 17.4 Å². The van der Waals surface area contributed by atoms with Crippen LogP contribution in [0.1, 0.15) is 11.1 Å². The molecule has 0 radical (unpaired) electrons. The number of aromatic nitrogens is 1. The zero-order chi connectivity index (χ0) is 19.2. The molecule has 6 heteroatoms. The molecule has 3 aromatic rings. The fourth-order valence-corrected chi connectivity index (χ4v) is 3.05. The lowest BCUT2D eigenvalue weighted by molar-refractivity contribution is 0.311. The molecule has 1 heterocycles. The Morgan fingerprint density at radius 3 is 2.70 bits per heavy atom. The molecule has 0 saturated carbocycles. The lowest BCUT2D eigenvalue weighted by Gasteiger charge is -2.14. The molecule has 0 saturated heterocycles. The maximum absolute atomic E-state index is 15.3. The summed E-state index contributed by atoms with van der Waals surface area (Å²) in [5.41, 5.74) is 2.49. The summed E-state index contributed by atoms with van der Waals surface area (Å²) >= 11 is 6.07. The molecule has 0 aliphatic rings. The number of nitrogens with one attached hydrogen (secondary N) is 1. The van der Waals surface area contributed by atoms with Gasteiger partial charge in [-0.15, -0.1) is 0 Å². The van der Waals surface area contributed by atoms with Gasteiger partial charge < -0.3 is 15.2 Å². The normalized spacial score (nSPS) is 10.7. The number of aliphatic hydroxyl groups is 1. The van der Waals surface area contributed by atoms with Crippen LogP contribution in [0.3, 0.4) is 0 Å². The van der Waals surface area contributed by atoms with Gasteiger partial charge in [-0.05, 0) is 41.0 Å². The molecule has 27 heavy (non-hydrogen) atoms. The number of aliphatic hydroxyl groups excluding tert-OH is 1. The fraction of sp³-hybridized carbons (Fsp3) is 0.190. The molecule has 0 fully saturated rings. The van der Waals surface area contributed by atoms with Gasteiger partial charge in [0.05, 0.1) is 19.3 Å². The number of halogens is 2. The first-order valence-corrected chi connectivity index (χ1v) is 8.91. The van der Waals surface area contributed by atoms with Crippen LogP contribution in [0.25, 0.3) is 11.1 Å². The van der Waals surface area contributed by atoms with Crippen molar-refractivity contribution in [2.24, 2.45) is 0 Å². The molecule has 3 rings (SSSR count). The van der Waals surface area contributed by atoms with Crippen molar-refractivity contribution in [2.45, 2.75) is 6.42 Å². The lowest BCUT2D eigenvalue weighted by Crippen LogP contribution is -2.07. The first-order chi connectivity index (χ1) is 13.1. The Hall–Kier alpha value is -2.63. The lowest BCUT2D eigenvalue weighted by atomic mass is 9.97. The van der Waals surface area contributed by atoms with Crippen LogP contribution in [0.4, 0.5) is 10.2 Å². The number of ether oxygens (including phenoxy) is 1. The van der Waals surface area contributed by atoms with Crippen LogP contribution >= 0.6 is 11.6 Å². The summed E-state index contributed by atoms with van der Waals surface area (Å²) in [6.07, 6.45) is 2.10. The molecule has 4 nitrogen and oxygen atoms in total. The van der Waals surface area contributed by atoms with Crippen molar-refractivity contribution in [1.29, 1.82) is 0 Å². The maximum atomic E-state index is 15.3. The molecular weight excluding hydrogens is 367 g/mol. The topological polar surface area (TPSA) is 54.4 Å². The minimum Gasteiger partial charge on any atom is -0.496 e. The summed E-state index contributed by atoms with van der Waals surface area (Å²) in [4.78, 5) is 4.28. The Kier molecular flexibility index (Phi) is 6.27. The number of methoxy groups -OCH3 is 1. The summed E-state index contributed by atoms with van der Waals surface area (Å²) in [5, 5.41) is 12.4. The third-order valence-electron chi connectivity index (χ3n) is 4.15. The van der Waals surface area contributed by atoms with Crippen molar-refractivity contribution < 1.29 is 14.2 Å². The number of anilines is 1. The van der Waals surface area contributed by atoms with E-state index in [0.717, 1.165) is 5.56 Å². The van der Waals surface area contributed by atoms with Crippen molar-refractivity contribution in [1.82, 2.24) is 4.98 Å². The molecule has 1 aromatic heterocycles. The van der Waals surface area contributed by atoms with Crippen LogP contribution in [0.15, 0.2) is 54.7 Å². The van der Waals surface area contributed by atoms with E-state index in [-0.39, 0.29) is 12.4 Å². The minimum absolute atomic E-state index is 0.0345. The van der Waals surface area contributed by atoms with E-state index in [9.17, 15) is 0 Å². The second-order valence-corrected chi connectivity index (χ2v) is 6.44. The van der Waals surface area contributed by atoms with Gasteiger partial charge in [-0.1, -0.05) is 35.9 Å². The van der Waals surface area contributed by atoms with E-state index in [0.29, 0.717) is 46.2 Å². The van der Waals surface area contributed by atoms with Gasteiger partial charge >= 0.3 is 0 Å². The number of hydrogen-bond donors (Lipinski definition) is 2. The number of benzene rings is 2. The summed E-state index contributed by atoms with van der Waals surface area (Å²) in [5.74, 6) is 0.793. The highest BCUT2D eigenvalue weighted by Gasteiger charge is 2.16. The zero-order valence-corrected chi connectivity index (χ0v) is 15.6. The number of pyridine rings is 1. The molecule has 2 N–H and O–H groups in total. The van der Waals surface area contributed by atoms with Crippen LogP contribution in [-0.4, -0.2) is 30.4 Å². The molecule has 0 bridgehead atoms. The van der Waals surface area contributed by atoms with Crippen molar-refractivity contribution in [3.63, 3.8) is 0 Å². The van der Waals surface area contributed by atoms with Gasteiger partial charge in [0.15, 0.2) is 0 Å². The average molecular weight is 387 g/mol. The van der Waals surface area contributed by atoms with Crippen molar-refractivity contribution >= 4 is 17.4 Å². The highest BCUT2D eigenvalue weighted by atomic mass is 35.5. The van der Waals surface area contributed by atoms with Gasteiger partial charge in [0, 0.05) is 24.2 Å². The molecule has 0 amide bonds. The fourth-order valence-electron chi connectivity index (χ4n) is 2.86. The Labute approximate surface area is 162 Å². The van der Waals surface area contributed by atoms with E-state index in [1.807, 2.05) is 12.1 Å². The smallest absolute Gasteiger partial charge is 0.138 e. The SMILES string of the molecule is COc1ccc(Cc2ccc(NCCO)nc2)c(F)c1-c1cccc(Cl)c1. The van der Waals surface area contributed by atoms with E-state index < -0.39 is 0 Å². The molecule has 0 aliphatic heterocycles. The third kappa shape index (κ3) is 4.56. The molecule has 0 atom stereocenters. The van der Waals surface area contributed by atoms with E-state index in [4.69, 9.17) is 21.4 Å². The summed E-state index contributed by atoms with van der Waals surface area (Å²) in [6.45, 7) is 0.467. The maximum Gasteiger partial charge on any atom is 0.138 e. The predicted molar refractivity (Wildman–Crippen MR) is 106 cm³/mol. The Morgan fingerprint density at radius 1 is 1.19 bits per heavy atom. The van der Waals surface area contributed by atoms with Crippen LogP contribution in [0.2, 0.25) is 5.02 Å². The quantitative estimate of drug-likeness (QED) is 0.625. The second-order valence-electron chi connectivity index (χ2n) is 6.01. The molecule has 140 valence electrons. The third-order valence-corrected chi connectivity index (χ3v) is 4.39. The highest BCUT2D eigenvalue weighted by Crippen LogP contribution is 2.36. The Bertz CT molecular complexity index is 917. The first-order valence-electron chi connectivity index (χ1n) is 8.53. The summed E-state index contributed by atoms with van der Waals surface area (Å²) < 4.78 is 20.6. The summed E-state index contributed by atoms with van der Waals surface area (Å²) in [6, 6.07) is 14.2. The van der Waals surface area contributed by atoms with Crippen molar-refractivity contribution in [3.05, 3.63) is 76.7 Å². The Morgan fingerprint density at radius 2 is 2.04 bits per heavy atom. The second kappa shape index (κ2) is 8.84. The molecule has 0 aliphatic carbocycles. The monoisotopic (exact) mass is 386 g/mol. The van der Waals surface area contributed by atoms with E-state index in [2.05, 4.69) is 10.3 Å². The van der Waals surface area contributed by atoms with Crippen LogP contribution in [0.5, 0.6) is 5.75 Å². The van der Waals surface area contributed by atoms with Crippen LogP contribution in [-0.2, 0) is 6.42 Å². The zero-order valence-electron chi connectivity index (χ0n) is 14.9. The van der Waals surface area contributed by atoms with E-state index in [1.54, 1.807) is 42.6 Å². The van der Waals surface area contributed by atoms with Gasteiger partial charge in [0.25, 0.3) is 0 Å². The number of hydrogen-bond acceptors (Lipinski definition) is 4.